The second-order valence-electron chi connectivity index (χ2n) is 5.07. The number of benzene rings is 1. The van der Waals surface area contributed by atoms with Gasteiger partial charge in [0.15, 0.2) is 0 Å². The minimum atomic E-state index is -0.693. The Morgan fingerprint density at radius 1 is 1.20 bits per heavy atom. The van der Waals surface area contributed by atoms with Gasteiger partial charge in [-0.2, -0.15) is 0 Å². The second-order valence-corrected chi connectivity index (χ2v) is 5.07. The van der Waals surface area contributed by atoms with E-state index in [4.69, 9.17) is 15.9 Å². The van der Waals surface area contributed by atoms with E-state index in [1.165, 1.54) is 0 Å². The minimum Gasteiger partial charge on any atom is -0.444 e. The van der Waals surface area contributed by atoms with Gasteiger partial charge < -0.3 is 15.8 Å². The van der Waals surface area contributed by atoms with Crippen molar-refractivity contribution in [1.29, 1.82) is 5.41 Å². The number of hydrogen-bond acceptors (Lipinski definition) is 4. The molecule has 1 aromatic rings. The van der Waals surface area contributed by atoms with Crippen molar-refractivity contribution in [2.24, 2.45) is 5.73 Å². The van der Waals surface area contributed by atoms with Crippen molar-refractivity contribution < 1.29 is 14.3 Å². The molecule has 7 heteroatoms. The molecule has 0 atom stereocenters. The summed E-state index contributed by atoms with van der Waals surface area (Å²) in [4.78, 5) is 22.2. The number of hydrogen-bond donors (Lipinski definition) is 4. The number of amides is 3. The van der Waals surface area contributed by atoms with E-state index in [1.807, 2.05) is 0 Å². The lowest BCUT2D eigenvalue weighted by Gasteiger charge is -2.19. The molecule has 0 spiro atoms. The highest BCUT2D eigenvalue weighted by atomic mass is 16.6. The maximum atomic E-state index is 11.5. The summed E-state index contributed by atoms with van der Waals surface area (Å²) in [6.07, 6.45) is -0.693. The van der Waals surface area contributed by atoms with Gasteiger partial charge in [0.25, 0.3) is 0 Å². The Balaban J connectivity index is 2.64. The molecule has 20 heavy (non-hydrogen) atoms. The first-order valence-electron chi connectivity index (χ1n) is 5.93. The summed E-state index contributed by atoms with van der Waals surface area (Å²) >= 11 is 0. The van der Waals surface area contributed by atoms with Gasteiger partial charge in [-0.25, -0.2) is 9.59 Å². The third-order valence-electron chi connectivity index (χ3n) is 2.07. The van der Waals surface area contributed by atoms with Crippen LogP contribution in [0.4, 0.5) is 15.3 Å². The van der Waals surface area contributed by atoms with E-state index >= 15 is 0 Å². The van der Waals surface area contributed by atoms with Crippen LogP contribution in [-0.4, -0.2) is 23.6 Å². The lowest BCUT2D eigenvalue weighted by molar-refractivity contribution is 0.0563. The van der Waals surface area contributed by atoms with Crippen LogP contribution in [0.15, 0.2) is 24.3 Å². The minimum absolute atomic E-state index is 0.0927. The number of nitrogens with one attached hydrogen (secondary N) is 3. The van der Waals surface area contributed by atoms with Crippen LogP contribution >= 0.6 is 0 Å². The zero-order valence-electron chi connectivity index (χ0n) is 11.6. The first-order valence-corrected chi connectivity index (χ1v) is 5.93. The molecule has 0 aliphatic heterocycles. The van der Waals surface area contributed by atoms with Crippen LogP contribution in [0.1, 0.15) is 26.3 Å². The summed E-state index contributed by atoms with van der Waals surface area (Å²) in [5, 5.41) is 12.5. The number of alkyl carbamates (subject to hydrolysis) is 1. The molecule has 0 aromatic heterocycles. The second kappa shape index (κ2) is 6.05. The zero-order valence-corrected chi connectivity index (χ0v) is 11.6. The Hall–Kier alpha value is -2.57. The van der Waals surface area contributed by atoms with Crippen molar-refractivity contribution in [1.82, 2.24) is 5.32 Å². The number of nitrogens with two attached hydrogens (primary N) is 1. The Morgan fingerprint density at radius 2 is 1.75 bits per heavy atom. The van der Waals surface area contributed by atoms with Gasteiger partial charge >= 0.3 is 12.1 Å². The summed E-state index contributed by atoms with van der Waals surface area (Å²) in [6.45, 7) is 5.21. The Morgan fingerprint density at radius 3 is 2.20 bits per heavy atom. The third kappa shape index (κ3) is 5.38. The Kier molecular flexibility index (Phi) is 4.68. The molecule has 0 saturated heterocycles. The molecule has 5 N–H and O–H groups in total. The normalized spacial score (nSPS) is 10.6. The lowest BCUT2D eigenvalue weighted by atomic mass is 10.2. The van der Waals surface area contributed by atoms with Crippen LogP contribution in [0.2, 0.25) is 0 Å². The number of anilines is 1. The summed E-state index contributed by atoms with van der Waals surface area (Å²) in [7, 11) is 0. The highest BCUT2D eigenvalue weighted by Crippen LogP contribution is 2.10. The molecule has 0 aliphatic carbocycles. The fraction of sp³-hybridized carbons (Fsp3) is 0.308. The van der Waals surface area contributed by atoms with E-state index in [0.29, 0.717) is 11.3 Å². The van der Waals surface area contributed by atoms with Crippen molar-refractivity contribution in [3.63, 3.8) is 0 Å². The van der Waals surface area contributed by atoms with Gasteiger partial charge in [0.1, 0.15) is 11.4 Å². The molecule has 0 saturated carbocycles. The molecule has 3 amide bonds. The molecule has 0 bridgehead atoms. The summed E-state index contributed by atoms with van der Waals surface area (Å²) in [5.41, 5.74) is 5.34. The van der Waals surface area contributed by atoms with Crippen molar-refractivity contribution in [3.8, 4) is 0 Å². The van der Waals surface area contributed by atoms with Crippen molar-refractivity contribution in [2.75, 3.05) is 5.32 Å². The van der Waals surface area contributed by atoms with Gasteiger partial charge in [-0.15, -0.1) is 0 Å². The maximum Gasteiger partial charge on any atom is 0.413 e. The molecule has 1 rings (SSSR count). The summed E-state index contributed by atoms with van der Waals surface area (Å²) < 4.78 is 5.04. The SMILES string of the molecule is CC(C)(C)OC(=O)NC(=N)c1ccc(NC(N)=O)cc1. The first kappa shape index (κ1) is 15.5. The third-order valence-corrected chi connectivity index (χ3v) is 2.07. The fourth-order valence-electron chi connectivity index (χ4n) is 1.34. The standard InChI is InChI=1S/C13H18N4O3/c1-13(2,3)20-12(19)17-10(14)8-4-6-9(7-5-8)16-11(15)18/h4-7H,1-3H3,(H2,14,17,19)(H3,15,16,18). The molecular formula is C13H18N4O3. The predicted octanol–water partition coefficient (Wildman–Crippen LogP) is 2.03. The van der Waals surface area contributed by atoms with Crippen molar-refractivity contribution >= 4 is 23.6 Å². The van der Waals surface area contributed by atoms with Gasteiger partial charge in [-0.05, 0) is 45.0 Å². The average molecular weight is 278 g/mol. The van der Waals surface area contributed by atoms with E-state index < -0.39 is 17.7 Å². The Bertz CT molecular complexity index is 517. The first-order chi connectivity index (χ1) is 9.17. The number of carbonyl (C=O) groups is 2. The summed E-state index contributed by atoms with van der Waals surface area (Å²) in [6, 6.07) is 5.63. The molecule has 0 radical (unpaired) electrons. The largest absolute Gasteiger partial charge is 0.444 e. The average Bonchev–Trinajstić information content (AvgIpc) is 2.26. The molecule has 0 heterocycles. The smallest absolute Gasteiger partial charge is 0.413 e. The number of carbonyl (C=O) groups excluding carboxylic acids is 2. The summed E-state index contributed by atoms with van der Waals surface area (Å²) in [5.74, 6) is -0.0927. The highest BCUT2D eigenvalue weighted by Gasteiger charge is 2.17. The predicted molar refractivity (Wildman–Crippen MR) is 75.8 cm³/mol. The maximum absolute atomic E-state index is 11.5. The van der Waals surface area contributed by atoms with Crippen LogP contribution in [0.5, 0.6) is 0 Å². The molecule has 1 aromatic carbocycles. The van der Waals surface area contributed by atoms with Crippen LogP contribution < -0.4 is 16.4 Å². The lowest BCUT2D eigenvalue weighted by Crippen LogP contribution is -2.36. The van der Waals surface area contributed by atoms with Crippen LogP contribution in [0.25, 0.3) is 0 Å². The topological polar surface area (TPSA) is 117 Å². The number of ether oxygens (including phenoxy) is 1. The molecule has 108 valence electrons. The number of primary amides is 1. The van der Waals surface area contributed by atoms with Gasteiger partial charge in [0, 0.05) is 11.3 Å². The number of amidine groups is 1. The van der Waals surface area contributed by atoms with E-state index in [2.05, 4.69) is 10.6 Å². The van der Waals surface area contributed by atoms with Crippen LogP contribution in [-0.2, 0) is 4.74 Å². The number of urea groups is 1. The van der Waals surface area contributed by atoms with Gasteiger partial charge in [0.2, 0.25) is 0 Å². The highest BCUT2D eigenvalue weighted by molar-refractivity contribution is 6.04. The molecular weight excluding hydrogens is 260 g/mol. The van der Waals surface area contributed by atoms with Crippen molar-refractivity contribution in [2.45, 2.75) is 26.4 Å². The quantitative estimate of drug-likeness (QED) is 0.489. The molecule has 0 aliphatic rings. The Labute approximate surface area is 117 Å². The molecule has 7 nitrogen and oxygen atoms in total. The van der Waals surface area contributed by atoms with Gasteiger partial charge in [-0.1, -0.05) is 0 Å². The van der Waals surface area contributed by atoms with Crippen LogP contribution in [0.3, 0.4) is 0 Å². The van der Waals surface area contributed by atoms with E-state index in [9.17, 15) is 9.59 Å². The van der Waals surface area contributed by atoms with E-state index in [1.54, 1.807) is 45.0 Å². The molecule has 0 fully saturated rings. The molecule has 0 unspecified atom stereocenters. The van der Waals surface area contributed by atoms with E-state index in [0.717, 1.165) is 0 Å². The zero-order chi connectivity index (χ0) is 15.3. The number of rotatable bonds is 2. The monoisotopic (exact) mass is 278 g/mol. The van der Waals surface area contributed by atoms with Crippen molar-refractivity contribution in [3.05, 3.63) is 29.8 Å². The fourth-order valence-corrected chi connectivity index (χ4v) is 1.34. The van der Waals surface area contributed by atoms with E-state index in [-0.39, 0.29) is 5.84 Å². The van der Waals surface area contributed by atoms with Crippen LogP contribution in [0, 0.1) is 5.41 Å². The van der Waals surface area contributed by atoms with Gasteiger partial charge in [0.05, 0.1) is 0 Å². The van der Waals surface area contributed by atoms with Gasteiger partial charge in [-0.3, -0.25) is 10.7 Å².